The van der Waals surface area contributed by atoms with Crippen LogP contribution >= 0.6 is 0 Å². The normalized spacial score (nSPS) is 11.4. The number of ether oxygens (including phenoxy) is 1. The summed E-state index contributed by atoms with van der Waals surface area (Å²) in [5.74, 6) is 0.162. The minimum Gasteiger partial charge on any atom is -0.443 e. The lowest BCUT2D eigenvalue weighted by molar-refractivity contribution is -0.121. The van der Waals surface area contributed by atoms with Crippen LogP contribution in [0.5, 0.6) is 0 Å². The second-order valence-corrected chi connectivity index (χ2v) is 7.91. The van der Waals surface area contributed by atoms with Gasteiger partial charge in [0.25, 0.3) is 0 Å². The predicted molar refractivity (Wildman–Crippen MR) is 108 cm³/mol. The number of nitrogens with zero attached hydrogens (tertiary/aromatic N) is 2. The summed E-state index contributed by atoms with van der Waals surface area (Å²) in [6.45, 7) is 8.33. The molecule has 0 unspecified atom stereocenters. The number of nitrogens with two attached hydrogens (primary N) is 1. The molecule has 1 aromatic heterocycles. The molecule has 1 rings (SSSR count). The Kier molecular flexibility index (Phi) is 9.89. The Morgan fingerprint density at radius 1 is 1.15 bits per heavy atom. The first-order chi connectivity index (χ1) is 12.7. The molecule has 1 heterocycles. The van der Waals surface area contributed by atoms with E-state index < -0.39 is 11.7 Å². The highest BCUT2D eigenvalue weighted by molar-refractivity contribution is 5.76. The van der Waals surface area contributed by atoms with Gasteiger partial charge in [0.15, 0.2) is 0 Å². The Morgan fingerprint density at radius 3 is 2.48 bits per heavy atom. The average Bonchev–Trinajstić information content (AvgIpc) is 2.93. The Labute approximate surface area is 163 Å². The molecule has 0 fully saturated rings. The number of nitrogens with one attached hydrogen (secondary N) is 1. The molecular formula is C20H36N4O3. The molecular weight excluding hydrogens is 344 g/mol. The van der Waals surface area contributed by atoms with E-state index in [4.69, 9.17) is 10.5 Å². The van der Waals surface area contributed by atoms with Crippen molar-refractivity contribution in [2.75, 3.05) is 12.3 Å². The second kappa shape index (κ2) is 11.6. The molecule has 0 saturated heterocycles. The van der Waals surface area contributed by atoms with Crippen LogP contribution in [0.1, 0.15) is 84.8 Å². The fourth-order valence-electron chi connectivity index (χ4n) is 2.67. The molecule has 1 aromatic rings. The summed E-state index contributed by atoms with van der Waals surface area (Å²) in [5, 5.41) is 2.96. The number of anilines is 1. The van der Waals surface area contributed by atoms with E-state index in [9.17, 15) is 9.59 Å². The van der Waals surface area contributed by atoms with Gasteiger partial charge in [0.2, 0.25) is 11.9 Å². The first-order valence-corrected chi connectivity index (χ1v) is 10.1. The van der Waals surface area contributed by atoms with Crippen molar-refractivity contribution in [2.24, 2.45) is 0 Å². The van der Waals surface area contributed by atoms with E-state index in [1.165, 1.54) is 36.7 Å². The fourth-order valence-corrected chi connectivity index (χ4v) is 2.67. The topological polar surface area (TPSA) is 99.2 Å². The van der Waals surface area contributed by atoms with Crippen molar-refractivity contribution >= 4 is 17.9 Å². The van der Waals surface area contributed by atoms with Crippen LogP contribution in [0.2, 0.25) is 0 Å². The van der Waals surface area contributed by atoms with Crippen LogP contribution in [-0.4, -0.2) is 33.7 Å². The highest BCUT2D eigenvalue weighted by Gasteiger charge is 2.20. The molecule has 0 aliphatic rings. The van der Waals surface area contributed by atoms with Gasteiger partial charge in [0.1, 0.15) is 5.60 Å². The van der Waals surface area contributed by atoms with Crippen molar-refractivity contribution in [3.05, 3.63) is 11.9 Å². The van der Waals surface area contributed by atoms with Gasteiger partial charge in [-0.2, -0.15) is 0 Å². The molecule has 0 bridgehead atoms. The molecule has 27 heavy (non-hydrogen) atoms. The van der Waals surface area contributed by atoms with Crippen LogP contribution in [0.25, 0.3) is 0 Å². The Hall–Kier alpha value is -2.05. The molecule has 1 amide bonds. The standard InChI is InChI=1S/C20H36N4O3/c1-5-6-7-8-9-10-14-22-17(25)13-11-12-16-15-24(18(21)23-16)19(26)27-20(2,3)4/h15H,5-14H2,1-4H3,(H2,21,23)(H,22,25). The Morgan fingerprint density at radius 2 is 1.81 bits per heavy atom. The maximum absolute atomic E-state index is 12.1. The number of carbonyl (C=O) groups is 2. The zero-order valence-corrected chi connectivity index (χ0v) is 17.3. The zero-order chi connectivity index (χ0) is 20.3. The summed E-state index contributed by atoms with van der Waals surface area (Å²) in [4.78, 5) is 28.1. The smallest absolute Gasteiger partial charge is 0.421 e. The average molecular weight is 381 g/mol. The lowest BCUT2D eigenvalue weighted by atomic mass is 10.1. The van der Waals surface area contributed by atoms with Gasteiger partial charge in [-0.1, -0.05) is 39.0 Å². The summed E-state index contributed by atoms with van der Waals surface area (Å²) >= 11 is 0. The van der Waals surface area contributed by atoms with Crippen LogP contribution in [0.3, 0.4) is 0 Å². The summed E-state index contributed by atoms with van der Waals surface area (Å²) < 4.78 is 6.49. The lowest BCUT2D eigenvalue weighted by Crippen LogP contribution is -2.27. The number of amides is 1. The molecule has 7 nitrogen and oxygen atoms in total. The van der Waals surface area contributed by atoms with Crippen molar-refractivity contribution in [3.8, 4) is 0 Å². The number of aromatic nitrogens is 2. The van der Waals surface area contributed by atoms with Crippen LogP contribution in [0.4, 0.5) is 10.7 Å². The monoisotopic (exact) mass is 380 g/mol. The molecule has 0 atom stereocenters. The van der Waals surface area contributed by atoms with Gasteiger partial charge in [-0.3, -0.25) is 4.79 Å². The van der Waals surface area contributed by atoms with E-state index in [-0.39, 0.29) is 11.9 Å². The van der Waals surface area contributed by atoms with Crippen LogP contribution in [0, 0.1) is 0 Å². The number of imidazole rings is 1. The van der Waals surface area contributed by atoms with E-state index in [0.29, 0.717) is 25.0 Å². The largest absolute Gasteiger partial charge is 0.443 e. The third-order valence-electron chi connectivity index (χ3n) is 4.06. The van der Waals surface area contributed by atoms with Crippen LogP contribution in [0.15, 0.2) is 6.20 Å². The highest BCUT2D eigenvalue weighted by Crippen LogP contribution is 2.13. The van der Waals surface area contributed by atoms with Gasteiger partial charge in [0.05, 0.1) is 5.69 Å². The maximum atomic E-state index is 12.1. The van der Waals surface area contributed by atoms with Gasteiger partial charge < -0.3 is 15.8 Å². The third-order valence-corrected chi connectivity index (χ3v) is 4.06. The maximum Gasteiger partial charge on any atom is 0.421 e. The van der Waals surface area contributed by atoms with E-state index in [2.05, 4.69) is 17.2 Å². The molecule has 0 spiro atoms. The number of aryl methyl sites for hydroxylation is 1. The number of carbonyl (C=O) groups excluding carboxylic acids is 2. The van der Waals surface area contributed by atoms with Gasteiger partial charge in [-0.15, -0.1) is 0 Å². The minimum absolute atomic E-state index is 0.0584. The molecule has 0 saturated carbocycles. The van der Waals surface area contributed by atoms with E-state index in [1.54, 1.807) is 27.0 Å². The van der Waals surface area contributed by atoms with Gasteiger partial charge in [-0.05, 0) is 40.0 Å². The summed E-state index contributed by atoms with van der Waals surface area (Å²) in [6, 6.07) is 0. The summed E-state index contributed by atoms with van der Waals surface area (Å²) in [7, 11) is 0. The van der Waals surface area contributed by atoms with Crippen molar-refractivity contribution < 1.29 is 14.3 Å². The number of hydrogen-bond donors (Lipinski definition) is 2. The van der Waals surface area contributed by atoms with Crippen molar-refractivity contribution in [2.45, 2.75) is 91.1 Å². The second-order valence-electron chi connectivity index (χ2n) is 7.91. The van der Waals surface area contributed by atoms with Crippen LogP contribution in [-0.2, 0) is 16.0 Å². The van der Waals surface area contributed by atoms with Gasteiger partial charge in [-0.25, -0.2) is 14.3 Å². The fraction of sp³-hybridized carbons (Fsp3) is 0.750. The van der Waals surface area contributed by atoms with E-state index in [1.807, 2.05) is 0 Å². The molecule has 0 aliphatic heterocycles. The first kappa shape index (κ1) is 23.0. The van der Waals surface area contributed by atoms with E-state index in [0.717, 1.165) is 13.0 Å². The summed E-state index contributed by atoms with van der Waals surface area (Å²) in [6.07, 6.45) is 9.99. The number of unbranched alkanes of at least 4 members (excludes halogenated alkanes) is 5. The van der Waals surface area contributed by atoms with Crippen molar-refractivity contribution in [1.82, 2.24) is 14.9 Å². The number of hydrogen-bond acceptors (Lipinski definition) is 5. The predicted octanol–water partition coefficient (Wildman–Crippen LogP) is 4.05. The van der Waals surface area contributed by atoms with Gasteiger partial charge >= 0.3 is 6.09 Å². The quantitative estimate of drug-likeness (QED) is 0.564. The third kappa shape index (κ3) is 10.0. The Bertz CT molecular complexity index is 591. The number of rotatable bonds is 11. The van der Waals surface area contributed by atoms with Crippen LogP contribution < -0.4 is 11.1 Å². The van der Waals surface area contributed by atoms with Crippen molar-refractivity contribution in [1.29, 1.82) is 0 Å². The lowest BCUT2D eigenvalue weighted by Gasteiger charge is -2.19. The molecule has 7 heteroatoms. The molecule has 154 valence electrons. The molecule has 0 radical (unpaired) electrons. The van der Waals surface area contributed by atoms with Crippen molar-refractivity contribution in [3.63, 3.8) is 0 Å². The zero-order valence-electron chi connectivity index (χ0n) is 17.3. The van der Waals surface area contributed by atoms with Gasteiger partial charge in [0, 0.05) is 19.2 Å². The SMILES string of the molecule is CCCCCCCCNC(=O)CCCc1cn(C(=O)OC(C)(C)C)c(N)n1. The summed E-state index contributed by atoms with van der Waals surface area (Å²) in [5.41, 5.74) is 5.88. The molecule has 0 aliphatic carbocycles. The molecule has 3 N–H and O–H groups in total. The minimum atomic E-state index is -0.595. The first-order valence-electron chi connectivity index (χ1n) is 10.1. The Balaban J connectivity index is 2.25. The molecule has 0 aromatic carbocycles. The number of nitrogen functional groups attached to an aromatic ring is 1. The van der Waals surface area contributed by atoms with E-state index >= 15 is 0 Å². The highest BCUT2D eigenvalue weighted by atomic mass is 16.6.